The first kappa shape index (κ1) is 21.2. The van der Waals surface area contributed by atoms with Crippen LogP contribution < -0.4 is 14.8 Å². The van der Waals surface area contributed by atoms with Crippen molar-refractivity contribution in [1.29, 1.82) is 0 Å². The number of hydrogen-bond donors (Lipinski definition) is 2. The average Bonchev–Trinajstić information content (AvgIpc) is 3.07. The van der Waals surface area contributed by atoms with Crippen molar-refractivity contribution in [2.45, 2.75) is 19.9 Å². The molecule has 0 spiro atoms. The van der Waals surface area contributed by atoms with Crippen molar-refractivity contribution in [2.24, 2.45) is 0 Å². The number of carboxylic acid groups (broad SMARTS) is 1. The summed E-state index contributed by atoms with van der Waals surface area (Å²) in [4.78, 5) is 10.7. The van der Waals surface area contributed by atoms with Crippen LogP contribution in [0, 0.1) is 0 Å². The number of allylic oxidation sites excluding steroid dienone is 5. The van der Waals surface area contributed by atoms with E-state index in [-0.39, 0.29) is 11.9 Å². The van der Waals surface area contributed by atoms with Crippen molar-refractivity contribution in [3.63, 3.8) is 0 Å². The summed E-state index contributed by atoms with van der Waals surface area (Å²) < 4.78 is 24.6. The minimum absolute atomic E-state index is 0.115. The number of carboxylic acids is 1. The highest BCUT2D eigenvalue weighted by Crippen LogP contribution is 2.37. The van der Waals surface area contributed by atoms with E-state index in [1.807, 2.05) is 37.3 Å². The fraction of sp³-hybridized carbons (Fsp3) is 0.208. The van der Waals surface area contributed by atoms with Crippen molar-refractivity contribution in [2.75, 3.05) is 18.5 Å². The number of ether oxygens (including phenoxy) is 2. The Balaban J connectivity index is 1.85. The predicted molar refractivity (Wildman–Crippen MR) is 116 cm³/mol. The number of hydrogen-bond acceptors (Lipinski definition) is 4. The Kier molecular flexibility index (Phi) is 6.57. The van der Waals surface area contributed by atoms with Crippen LogP contribution in [0.5, 0.6) is 11.5 Å². The Labute approximate surface area is 175 Å². The highest BCUT2D eigenvalue weighted by molar-refractivity contribution is 5.77. The van der Waals surface area contributed by atoms with E-state index >= 15 is 0 Å². The van der Waals surface area contributed by atoms with E-state index in [4.69, 9.17) is 14.6 Å². The fourth-order valence-electron chi connectivity index (χ4n) is 3.22. The Morgan fingerprint density at radius 3 is 2.80 bits per heavy atom. The monoisotopic (exact) mass is 409 g/mol. The molecule has 0 aliphatic carbocycles. The van der Waals surface area contributed by atoms with Gasteiger partial charge in [-0.3, -0.25) is 0 Å². The van der Waals surface area contributed by atoms with Gasteiger partial charge in [-0.15, -0.1) is 0 Å². The molecule has 0 amide bonds. The number of halogens is 1. The molecule has 1 atom stereocenters. The second kappa shape index (κ2) is 9.31. The third-order valence-corrected chi connectivity index (χ3v) is 4.42. The molecule has 2 aromatic carbocycles. The third kappa shape index (κ3) is 5.50. The number of fused-ring (bicyclic) bond motifs is 1. The summed E-state index contributed by atoms with van der Waals surface area (Å²) in [5, 5.41) is 12.2. The molecule has 5 nitrogen and oxygen atoms in total. The minimum atomic E-state index is -1.03. The van der Waals surface area contributed by atoms with E-state index < -0.39 is 12.6 Å². The Morgan fingerprint density at radius 2 is 2.10 bits per heavy atom. The van der Waals surface area contributed by atoms with Gasteiger partial charge in [-0.1, -0.05) is 30.4 Å². The first-order valence-corrected chi connectivity index (χ1v) is 9.51. The van der Waals surface area contributed by atoms with Gasteiger partial charge in [0.25, 0.3) is 0 Å². The van der Waals surface area contributed by atoms with Gasteiger partial charge in [0.05, 0.1) is 11.9 Å². The topological polar surface area (TPSA) is 67.8 Å². The van der Waals surface area contributed by atoms with Gasteiger partial charge in [-0.2, -0.15) is 0 Å². The van der Waals surface area contributed by atoms with E-state index in [2.05, 4.69) is 11.9 Å². The maximum Gasteiger partial charge on any atom is 0.341 e. The van der Waals surface area contributed by atoms with Gasteiger partial charge in [-0.05, 0) is 55.3 Å². The molecule has 0 radical (unpaired) electrons. The zero-order valence-corrected chi connectivity index (χ0v) is 16.9. The van der Waals surface area contributed by atoms with E-state index in [1.165, 1.54) is 13.0 Å². The maximum absolute atomic E-state index is 13.6. The number of rotatable bonds is 8. The first-order chi connectivity index (χ1) is 14.3. The van der Waals surface area contributed by atoms with Crippen molar-refractivity contribution in [3.05, 3.63) is 83.7 Å². The highest BCUT2D eigenvalue weighted by atomic mass is 19.1. The second-order valence-corrected chi connectivity index (χ2v) is 7.15. The lowest BCUT2D eigenvalue weighted by Gasteiger charge is -2.15. The molecule has 0 saturated carbocycles. The number of benzene rings is 2. The van der Waals surface area contributed by atoms with Crippen LogP contribution in [0.4, 0.5) is 10.1 Å². The molecule has 0 saturated heterocycles. The number of anilines is 1. The molecule has 6 heteroatoms. The van der Waals surface area contributed by atoms with E-state index in [1.54, 1.807) is 18.2 Å². The van der Waals surface area contributed by atoms with Crippen LogP contribution in [0.3, 0.4) is 0 Å². The van der Waals surface area contributed by atoms with Crippen LogP contribution in [0.25, 0.3) is 5.57 Å². The molecule has 156 valence electrons. The highest BCUT2D eigenvalue weighted by Gasteiger charge is 2.25. The molecule has 0 bridgehead atoms. The lowest BCUT2D eigenvalue weighted by atomic mass is 9.98. The molecule has 1 aliphatic heterocycles. The Hall–Kier alpha value is -3.54. The fourth-order valence-corrected chi connectivity index (χ4v) is 3.22. The van der Waals surface area contributed by atoms with Crippen LogP contribution in [0.1, 0.15) is 31.0 Å². The standard InChI is InChI=1S/C24H24FNO4/c1-15(2)9-18(10-16(3)25)17-7-8-23-21(11-17)22(13-30-23)26-19-5-4-6-20(12-19)29-14-24(27)28/h4-12,22,26H,1,13-14H2,2-3H3,(H,27,28). The largest absolute Gasteiger partial charge is 0.491 e. The molecule has 1 unspecified atom stereocenters. The quantitative estimate of drug-likeness (QED) is 0.561. The van der Waals surface area contributed by atoms with E-state index in [0.29, 0.717) is 12.4 Å². The number of carbonyl (C=O) groups is 1. The lowest BCUT2D eigenvalue weighted by Crippen LogP contribution is -2.13. The SMILES string of the molecule is C=C(C)C=C(C=C(C)F)c1ccc2c(c1)C(Nc1cccc(OCC(=O)O)c1)CO2. The minimum Gasteiger partial charge on any atom is -0.491 e. The molecule has 2 N–H and O–H groups in total. The van der Waals surface area contributed by atoms with Gasteiger partial charge in [-0.25, -0.2) is 9.18 Å². The molecule has 30 heavy (non-hydrogen) atoms. The van der Waals surface area contributed by atoms with Crippen LogP contribution in [-0.2, 0) is 4.79 Å². The summed E-state index contributed by atoms with van der Waals surface area (Å²) in [6.45, 7) is 7.20. The van der Waals surface area contributed by atoms with Crippen LogP contribution in [0.2, 0.25) is 0 Å². The third-order valence-electron chi connectivity index (χ3n) is 4.42. The van der Waals surface area contributed by atoms with E-state index in [0.717, 1.165) is 33.7 Å². The van der Waals surface area contributed by atoms with Crippen LogP contribution in [0.15, 0.2) is 72.6 Å². The summed E-state index contributed by atoms with van der Waals surface area (Å²) in [5.41, 5.74) is 4.17. The maximum atomic E-state index is 13.6. The summed E-state index contributed by atoms with van der Waals surface area (Å²) in [6.07, 6.45) is 3.32. The molecule has 0 fully saturated rings. The normalized spacial score (nSPS) is 15.9. The van der Waals surface area contributed by atoms with Gasteiger partial charge in [0.15, 0.2) is 6.61 Å². The van der Waals surface area contributed by atoms with Crippen molar-refractivity contribution in [1.82, 2.24) is 0 Å². The summed E-state index contributed by atoms with van der Waals surface area (Å²) >= 11 is 0. The van der Waals surface area contributed by atoms with Gasteiger partial charge < -0.3 is 19.9 Å². The van der Waals surface area contributed by atoms with Gasteiger partial charge in [0.2, 0.25) is 0 Å². The van der Waals surface area contributed by atoms with Gasteiger partial charge >= 0.3 is 5.97 Å². The summed E-state index contributed by atoms with van der Waals surface area (Å²) in [5.74, 6) is -0.0852. The van der Waals surface area contributed by atoms with Crippen molar-refractivity contribution < 1.29 is 23.8 Å². The molecule has 3 rings (SSSR count). The Morgan fingerprint density at radius 1 is 1.30 bits per heavy atom. The van der Waals surface area contributed by atoms with Gasteiger partial charge in [0, 0.05) is 17.3 Å². The van der Waals surface area contributed by atoms with Crippen molar-refractivity contribution in [3.8, 4) is 11.5 Å². The summed E-state index contributed by atoms with van der Waals surface area (Å²) in [7, 11) is 0. The molecule has 2 aromatic rings. The second-order valence-electron chi connectivity index (χ2n) is 7.15. The zero-order chi connectivity index (χ0) is 21.7. The molecular formula is C24H24FNO4. The van der Waals surface area contributed by atoms with Crippen LogP contribution in [-0.4, -0.2) is 24.3 Å². The van der Waals surface area contributed by atoms with Gasteiger partial charge in [0.1, 0.15) is 18.1 Å². The first-order valence-electron chi connectivity index (χ1n) is 9.51. The van der Waals surface area contributed by atoms with Crippen LogP contribution >= 0.6 is 0 Å². The van der Waals surface area contributed by atoms with E-state index in [9.17, 15) is 9.18 Å². The average molecular weight is 409 g/mol. The smallest absolute Gasteiger partial charge is 0.341 e. The zero-order valence-electron chi connectivity index (χ0n) is 16.9. The number of aliphatic carboxylic acids is 1. The number of nitrogens with one attached hydrogen (secondary N) is 1. The lowest BCUT2D eigenvalue weighted by molar-refractivity contribution is -0.139. The molecule has 0 aromatic heterocycles. The van der Waals surface area contributed by atoms with Crippen molar-refractivity contribution >= 4 is 17.2 Å². The molecular weight excluding hydrogens is 385 g/mol. The predicted octanol–water partition coefficient (Wildman–Crippen LogP) is 5.53. The molecule has 1 heterocycles. The Bertz CT molecular complexity index is 1020. The molecule has 1 aliphatic rings. The summed E-state index contributed by atoms with van der Waals surface area (Å²) in [6, 6.07) is 12.8.